The van der Waals surface area contributed by atoms with E-state index in [1.54, 1.807) is 24.0 Å². The molecule has 1 aliphatic heterocycles. The predicted molar refractivity (Wildman–Crippen MR) is 82.6 cm³/mol. The Morgan fingerprint density at radius 3 is 2.45 bits per heavy atom. The van der Waals surface area contributed by atoms with Gasteiger partial charge >= 0.3 is 0 Å². The van der Waals surface area contributed by atoms with Gasteiger partial charge in [0.15, 0.2) is 0 Å². The first-order valence-electron chi connectivity index (χ1n) is 7.00. The fraction of sp³-hybridized carbons (Fsp3) is 0.500. The smallest absolute Gasteiger partial charge is 0.241 e. The van der Waals surface area contributed by atoms with E-state index < -0.39 is 15.8 Å². The van der Waals surface area contributed by atoms with Gasteiger partial charge in [-0.05, 0) is 24.6 Å². The van der Waals surface area contributed by atoms with E-state index >= 15 is 0 Å². The molecular formula is C14H20FN3O3S. The number of carbonyl (C=O) groups is 1. The third-order valence-electron chi connectivity index (χ3n) is 3.62. The minimum absolute atomic E-state index is 0.0150. The lowest BCUT2D eigenvalue weighted by molar-refractivity contribution is -0.130. The van der Waals surface area contributed by atoms with Crippen LogP contribution in [0.3, 0.4) is 0 Å². The minimum atomic E-state index is -3.21. The monoisotopic (exact) mass is 329 g/mol. The average Bonchev–Trinajstić information content (AvgIpc) is 2.45. The van der Waals surface area contributed by atoms with E-state index in [4.69, 9.17) is 0 Å². The number of hydrogen-bond acceptors (Lipinski definition) is 4. The largest absolute Gasteiger partial charge is 0.374 e. The first-order valence-corrected chi connectivity index (χ1v) is 8.85. The number of nitrogens with one attached hydrogen (secondary N) is 1. The van der Waals surface area contributed by atoms with Gasteiger partial charge in [-0.3, -0.25) is 4.79 Å². The topological polar surface area (TPSA) is 69.7 Å². The SMILES string of the molecule is Cc1ccc(NCC(=O)N2CCN(S(C)(=O)=O)CC2)c(F)c1. The number of piperazine rings is 1. The molecular weight excluding hydrogens is 309 g/mol. The lowest BCUT2D eigenvalue weighted by atomic mass is 10.2. The van der Waals surface area contributed by atoms with Crippen molar-refractivity contribution >= 4 is 21.6 Å². The quantitative estimate of drug-likeness (QED) is 0.881. The molecule has 1 fully saturated rings. The van der Waals surface area contributed by atoms with Gasteiger partial charge in [0.2, 0.25) is 15.9 Å². The Hall–Kier alpha value is -1.67. The number of halogens is 1. The van der Waals surface area contributed by atoms with Crippen molar-refractivity contribution in [3.63, 3.8) is 0 Å². The van der Waals surface area contributed by atoms with Crippen LogP contribution < -0.4 is 5.32 Å². The highest BCUT2D eigenvalue weighted by Gasteiger charge is 2.25. The second-order valence-corrected chi connectivity index (χ2v) is 7.36. The van der Waals surface area contributed by atoms with Crippen molar-refractivity contribution < 1.29 is 17.6 Å². The zero-order chi connectivity index (χ0) is 16.3. The normalized spacial score (nSPS) is 16.6. The van der Waals surface area contributed by atoms with Gasteiger partial charge in [-0.15, -0.1) is 0 Å². The van der Waals surface area contributed by atoms with Crippen LogP contribution in [0.25, 0.3) is 0 Å². The zero-order valence-corrected chi connectivity index (χ0v) is 13.5. The number of amides is 1. The number of hydrogen-bond donors (Lipinski definition) is 1. The molecule has 0 aliphatic carbocycles. The van der Waals surface area contributed by atoms with Gasteiger partial charge in [0, 0.05) is 26.2 Å². The van der Waals surface area contributed by atoms with E-state index in [-0.39, 0.29) is 18.1 Å². The summed E-state index contributed by atoms with van der Waals surface area (Å²) in [6.07, 6.45) is 1.16. The molecule has 1 heterocycles. The average molecular weight is 329 g/mol. The summed E-state index contributed by atoms with van der Waals surface area (Å²) in [5.74, 6) is -0.567. The number of carbonyl (C=O) groups excluding carboxylic acids is 1. The van der Waals surface area contributed by atoms with Crippen LogP contribution in [0.5, 0.6) is 0 Å². The molecule has 122 valence electrons. The highest BCUT2D eigenvalue weighted by molar-refractivity contribution is 7.88. The van der Waals surface area contributed by atoms with Gasteiger partial charge in [0.25, 0.3) is 0 Å². The van der Waals surface area contributed by atoms with Gasteiger partial charge in [-0.1, -0.05) is 6.07 Å². The van der Waals surface area contributed by atoms with Crippen LogP contribution in [-0.4, -0.2) is 62.5 Å². The molecule has 0 spiro atoms. The van der Waals surface area contributed by atoms with Crippen LogP contribution in [0.2, 0.25) is 0 Å². The van der Waals surface area contributed by atoms with Crippen LogP contribution >= 0.6 is 0 Å². The zero-order valence-electron chi connectivity index (χ0n) is 12.7. The molecule has 0 aromatic heterocycles. The molecule has 1 N–H and O–H groups in total. The molecule has 22 heavy (non-hydrogen) atoms. The van der Waals surface area contributed by atoms with Crippen molar-refractivity contribution in [3.8, 4) is 0 Å². The summed E-state index contributed by atoms with van der Waals surface area (Å²) in [5.41, 5.74) is 1.10. The van der Waals surface area contributed by atoms with E-state index in [0.717, 1.165) is 11.8 Å². The third-order valence-corrected chi connectivity index (χ3v) is 4.92. The number of nitrogens with zero attached hydrogens (tertiary/aromatic N) is 2. The summed E-state index contributed by atoms with van der Waals surface area (Å²) in [4.78, 5) is 13.7. The standard InChI is InChI=1S/C14H20FN3O3S/c1-11-3-4-13(12(15)9-11)16-10-14(19)17-5-7-18(8-6-17)22(2,20)21/h3-4,9,16H,5-8,10H2,1-2H3. The summed E-state index contributed by atoms with van der Waals surface area (Å²) >= 11 is 0. The molecule has 1 aromatic rings. The fourth-order valence-corrected chi connectivity index (χ4v) is 3.14. The van der Waals surface area contributed by atoms with Crippen LogP contribution in [0.4, 0.5) is 10.1 Å². The predicted octanol–water partition coefficient (Wildman–Crippen LogP) is 0.650. The maximum absolute atomic E-state index is 13.7. The van der Waals surface area contributed by atoms with Crippen molar-refractivity contribution in [1.82, 2.24) is 9.21 Å². The number of rotatable bonds is 4. The van der Waals surface area contributed by atoms with Gasteiger partial charge in [-0.2, -0.15) is 4.31 Å². The Morgan fingerprint density at radius 1 is 1.27 bits per heavy atom. The van der Waals surface area contributed by atoms with E-state index in [0.29, 0.717) is 26.2 Å². The fourth-order valence-electron chi connectivity index (χ4n) is 2.32. The molecule has 1 aliphatic rings. The van der Waals surface area contributed by atoms with Gasteiger partial charge in [-0.25, -0.2) is 12.8 Å². The van der Waals surface area contributed by atoms with Crippen molar-refractivity contribution in [2.24, 2.45) is 0 Å². The maximum Gasteiger partial charge on any atom is 0.241 e. The first kappa shape index (κ1) is 16.7. The van der Waals surface area contributed by atoms with Crippen LogP contribution in [0.1, 0.15) is 5.56 Å². The lowest BCUT2D eigenvalue weighted by Gasteiger charge is -2.33. The molecule has 0 bridgehead atoms. The van der Waals surface area contributed by atoms with Crippen molar-refractivity contribution in [3.05, 3.63) is 29.6 Å². The summed E-state index contributed by atoms with van der Waals surface area (Å²) in [5, 5.41) is 2.78. The number of benzene rings is 1. The Kier molecular flexibility index (Phi) is 5.02. The molecule has 6 nitrogen and oxygen atoms in total. The number of aryl methyl sites for hydroxylation is 1. The molecule has 1 saturated heterocycles. The van der Waals surface area contributed by atoms with Gasteiger partial charge in [0.1, 0.15) is 5.82 Å². The second kappa shape index (κ2) is 6.62. The van der Waals surface area contributed by atoms with Crippen LogP contribution in [0.15, 0.2) is 18.2 Å². The number of sulfonamides is 1. The Balaban J connectivity index is 1.86. The third kappa shape index (κ3) is 4.17. The summed E-state index contributed by atoms with van der Waals surface area (Å²) in [6, 6.07) is 4.76. The highest BCUT2D eigenvalue weighted by atomic mass is 32.2. The molecule has 1 aromatic carbocycles. The summed E-state index contributed by atoms with van der Waals surface area (Å²) in [6.45, 7) is 3.07. The Labute approximate surface area is 130 Å². The van der Waals surface area contributed by atoms with Crippen LogP contribution in [-0.2, 0) is 14.8 Å². The van der Waals surface area contributed by atoms with E-state index in [2.05, 4.69) is 5.32 Å². The molecule has 1 amide bonds. The minimum Gasteiger partial charge on any atom is -0.374 e. The molecule has 8 heteroatoms. The van der Waals surface area contributed by atoms with Gasteiger partial charge in [0.05, 0.1) is 18.5 Å². The molecule has 0 atom stereocenters. The van der Waals surface area contributed by atoms with Crippen molar-refractivity contribution in [2.75, 3.05) is 44.3 Å². The molecule has 0 saturated carbocycles. The molecule has 0 unspecified atom stereocenters. The van der Waals surface area contributed by atoms with Crippen molar-refractivity contribution in [1.29, 1.82) is 0 Å². The highest BCUT2D eigenvalue weighted by Crippen LogP contribution is 2.15. The number of anilines is 1. The Morgan fingerprint density at radius 2 is 1.91 bits per heavy atom. The van der Waals surface area contributed by atoms with E-state index in [1.807, 2.05) is 0 Å². The van der Waals surface area contributed by atoms with E-state index in [1.165, 1.54) is 10.4 Å². The Bertz CT molecular complexity index is 655. The summed E-state index contributed by atoms with van der Waals surface area (Å²) < 4.78 is 37.8. The first-order chi connectivity index (χ1) is 10.3. The van der Waals surface area contributed by atoms with Gasteiger partial charge < -0.3 is 10.2 Å². The van der Waals surface area contributed by atoms with Crippen molar-refractivity contribution in [2.45, 2.75) is 6.92 Å². The molecule has 2 rings (SSSR count). The summed E-state index contributed by atoms with van der Waals surface area (Å²) in [7, 11) is -3.21. The maximum atomic E-state index is 13.7. The molecule has 0 radical (unpaired) electrons. The lowest BCUT2D eigenvalue weighted by Crippen LogP contribution is -2.51. The second-order valence-electron chi connectivity index (χ2n) is 5.38. The van der Waals surface area contributed by atoms with E-state index in [9.17, 15) is 17.6 Å². The van der Waals surface area contributed by atoms with Crippen LogP contribution in [0, 0.1) is 12.7 Å².